The Morgan fingerprint density at radius 1 is 0.917 bits per heavy atom. The minimum Gasteiger partial charge on any atom is -1.00 e. The van der Waals surface area contributed by atoms with E-state index in [0.717, 1.165) is 6.54 Å². The third kappa shape index (κ3) is 12.3. The lowest BCUT2D eigenvalue weighted by Crippen LogP contribution is -3.00. The van der Waals surface area contributed by atoms with Gasteiger partial charge in [0.25, 0.3) is 0 Å². The standard InChI is InChI=1S/C6H6.C4H11N.BrH/c1-2-4-6-5-3-1;1-2-3-4-5;/h1-6H;2-5H2,1H3;1H. The van der Waals surface area contributed by atoms with Crippen molar-refractivity contribution < 1.29 is 22.7 Å². The second kappa shape index (κ2) is 13.3. The van der Waals surface area contributed by atoms with Crippen LogP contribution in [0.4, 0.5) is 0 Å². The summed E-state index contributed by atoms with van der Waals surface area (Å²) < 4.78 is 0. The van der Waals surface area contributed by atoms with Gasteiger partial charge < -0.3 is 22.7 Å². The molecule has 12 heavy (non-hydrogen) atoms. The van der Waals surface area contributed by atoms with E-state index in [2.05, 4.69) is 12.7 Å². The second-order valence-corrected chi connectivity index (χ2v) is 2.36. The minimum absolute atomic E-state index is 0. The van der Waals surface area contributed by atoms with Crippen LogP contribution in [0, 0.1) is 0 Å². The molecule has 0 atom stereocenters. The van der Waals surface area contributed by atoms with Gasteiger partial charge in [0.05, 0.1) is 6.54 Å². The number of benzene rings is 1. The van der Waals surface area contributed by atoms with Crippen LogP contribution >= 0.6 is 0 Å². The summed E-state index contributed by atoms with van der Waals surface area (Å²) in [5.74, 6) is 0. The van der Waals surface area contributed by atoms with Crippen molar-refractivity contribution in [3.63, 3.8) is 0 Å². The molecule has 0 heterocycles. The molecular formula is C10H18BrN. The van der Waals surface area contributed by atoms with Crippen molar-refractivity contribution in [1.29, 1.82) is 0 Å². The maximum absolute atomic E-state index is 3.68. The lowest BCUT2D eigenvalue weighted by molar-refractivity contribution is -0.368. The van der Waals surface area contributed by atoms with E-state index in [1.165, 1.54) is 12.8 Å². The first-order valence-electron chi connectivity index (χ1n) is 4.21. The van der Waals surface area contributed by atoms with E-state index in [1.807, 2.05) is 36.4 Å². The van der Waals surface area contributed by atoms with Crippen LogP contribution in [0.1, 0.15) is 19.8 Å². The van der Waals surface area contributed by atoms with Crippen molar-refractivity contribution >= 4 is 0 Å². The highest BCUT2D eigenvalue weighted by molar-refractivity contribution is 4.99. The molecule has 0 saturated heterocycles. The van der Waals surface area contributed by atoms with E-state index >= 15 is 0 Å². The van der Waals surface area contributed by atoms with E-state index in [-0.39, 0.29) is 17.0 Å². The van der Waals surface area contributed by atoms with Crippen molar-refractivity contribution in [3.05, 3.63) is 36.4 Å². The summed E-state index contributed by atoms with van der Waals surface area (Å²) in [5, 5.41) is 0. The van der Waals surface area contributed by atoms with Crippen molar-refractivity contribution in [1.82, 2.24) is 0 Å². The summed E-state index contributed by atoms with van der Waals surface area (Å²) in [7, 11) is 0. The lowest BCUT2D eigenvalue weighted by atomic mass is 10.3. The molecule has 3 N–H and O–H groups in total. The molecule has 0 spiro atoms. The van der Waals surface area contributed by atoms with Gasteiger partial charge in [-0.05, 0) is 6.42 Å². The van der Waals surface area contributed by atoms with Crippen molar-refractivity contribution in [2.24, 2.45) is 0 Å². The number of unbranched alkanes of at least 4 members (excludes halogenated alkanes) is 1. The predicted molar refractivity (Wildman–Crippen MR) is 49.1 cm³/mol. The average Bonchev–Trinajstić information content (AvgIpc) is 2.10. The van der Waals surface area contributed by atoms with Gasteiger partial charge in [-0.1, -0.05) is 49.7 Å². The molecule has 0 amide bonds. The molecule has 1 rings (SSSR count). The smallest absolute Gasteiger partial charge is 0.0739 e. The van der Waals surface area contributed by atoms with E-state index in [0.29, 0.717) is 0 Å². The molecule has 0 radical (unpaired) electrons. The van der Waals surface area contributed by atoms with Crippen LogP contribution in [-0.2, 0) is 0 Å². The first-order chi connectivity index (χ1) is 5.41. The third-order valence-corrected chi connectivity index (χ3v) is 1.27. The molecule has 0 fully saturated rings. The van der Waals surface area contributed by atoms with E-state index in [4.69, 9.17) is 0 Å². The fourth-order valence-corrected chi connectivity index (χ4v) is 0.635. The summed E-state index contributed by atoms with van der Waals surface area (Å²) in [6.45, 7) is 3.27. The Hall–Kier alpha value is -0.340. The molecule has 0 aliphatic rings. The van der Waals surface area contributed by atoms with Gasteiger partial charge in [-0.3, -0.25) is 0 Å². The highest BCUT2D eigenvalue weighted by atomic mass is 79.9. The maximum atomic E-state index is 3.68. The SMILES string of the molecule is CCCC[NH3+].[Br-].c1ccccc1. The van der Waals surface area contributed by atoms with Crippen LogP contribution in [0.25, 0.3) is 0 Å². The van der Waals surface area contributed by atoms with Gasteiger partial charge >= 0.3 is 0 Å². The molecule has 1 aromatic rings. The predicted octanol–water partition coefficient (Wildman–Crippen LogP) is -1.28. The Labute approximate surface area is 85.7 Å². The number of quaternary nitrogens is 1. The maximum Gasteiger partial charge on any atom is 0.0739 e. The topological polar surface area (TPSA) is 27.6 Å². The normalized spacial score (nSPS) is 7.50. The Balaban J connectivity index is 0. The summed E-state index contributed by atoms with van der Waals surface area (Å²) in [6, 6.07) is 12.0. The first kappa shape index (κ1) is 14.2. The molecule has 1 nitrogen and oxygen atoms in total. The molecule has 0 saturated carbocycles. The van der Waals surface area contributed by atoms with Gasteiger partial charge in [0.2, 0.25) is 0 Å². The number of hydrogen-bond acceptors (Lipinski definition) is 0. The van der Waals surface area contributed by atoms with E-state index in [1.54, 1.807) is 0 Å². The average molecular weight is 232 g/mol. The Morgan fingerprint density at radius 3 is 1.33 bits per heavy atom. The molecule has 0 aromatic heterocycles. The third-order valence-electron chi connectivity index (χ3n) is 1.27. The van der Waals surface area contributed by atoms with E-state index in [9.17, 15) is 0 Å². The summed E-state index contributed by atoms with van der Waals surface area (Å²) in [4.78, 5) is 0. The minimum atomic E-state index is 0. The van der Waals surface area contributed by atoms with Crippen LogP contribution in [0.3, 0.4) is 0 Å². The zero-order chi connectivity index (χ0) is 8.36. The van der Waals surface area contributed by atoms with Gasteiger partial charge in [-0.2, -0.15) is 0 Å². The van der Waals surface area contributed by atoms with Gasteiger partial charge in [0.1, 0.15) is 0 Å². The number of hydrogen-bond donors (Lipinski definition) is 1. The van der Waals surface area contributed by atoms with Crippen LogP contribution in [0.2, 0.25) is 0 Å². The molecule has 0 aliphatic heterocycles. The quantitative estimate of drug-likeness (QED) is 0.658. The summed E-state index contributed by atoms with van der Waals surface area (Å²) in [5.41, 5.74) is 3.68. The molecule has 0 aliphatic carbocycles. The van der Waals surface area contributed by atoms with Crippen molar-refractivity contribution in [3.8, 4) is 0 Å². The number of halogens is 1. The zero-order valence-corrected chi connectivity index (χ0v) is 9.26. The Bertz CT molecular complexity index is 113. The van der Waals surface area contributed by atoms with Crippen LogP contribution in [0.15, 0.2) is 36.4 Å². The summed E-state index contributed by atoms with van der Waals surface area (Å²) in [6.07, 6.45) is 2.56. The second-order valence-electron chi connectivity index (χ2n) is 2.36. The molecule has 0 bridgehead atoms. The zero-order valence-electron chi connectivity index (χ0n) is 7.67. The fraction of sp³-hybridized carbons (Fsp3) is 0.400. The molecular weight excluding hydrogens is 214 g/mol. The number of rotatable bonds is 2. The first-order valence-corrected chi connectivity index (χ1v) is 4.21. The van der Waals surface area contributed by atoms with Crippen molar-refractivity contribution in [2.75, 3.05) is 6.54 Å². The highest BCUT2D eigenvalue weighted by Crippen LogP contribution is 1.79. The monoisotopic (exact) mass is 231 g/mol. The van der Waals surface area contributed by atoms with Crippen molar-refractivity contribution in [2.45, 2.75) is 19.8 Å². The molecule has 70 valence electrons. The van der Waals surface area contributed by atoms with Gasteiger partial charge in [-0.15, -0.1) is 0 Å². The fourth-order valence-electron chi connectivity index (χ4n) is 0.635. The Morgan fingerprint density at radius 2 is 1.25 bits per heavy atom. The molecule has 2 heteroatoms. The molecule has 0 unspecified atom stereocenters. The van der Waals surface area contributed by atoms with E-state index < -0.39 is 0 Å². The summed E-state index contributed by atoms with van der Waals surface area (Å²) >= 11 is 0. The molecule has 1 aromatic carbocycles. The highest BCUT2D eigenvalue weighted by Gasteiger charge is 1.71. The van der Waals surface area contributed by atoms with Gasteiger partial charge in [-0.25, -0.2) is 0 Å². The van der Waals surface area contributed by atoms with Crippen LogP contribution < -0.4 is 22.7 Å². The lowest BCUT2D eigenvalue weighted by Gasteiger charge is -1.77. The Kier molecular flexibility index (Phi) is 15.7. The van der Waals surface area contributed by atoms with Crippen LogP contribution in [0.5, 0.6) is 0 Å². The largest absolute Gasteiger partial charge is 1.00 e. The van der Waals surface area contributed by atoms with Gasteiger partial charge in [0, 0.05) is 0 Å². The van der Waals surface area contributed by atoms with Crippen LogP contribution in [-0.4, -0.2) is 6.54 Å². The van der Waals surface area contributed by atoms with Gasteiger partial charge in [0.15, 0.2) is 0 Å².